The fraction of sp³-hybridized carbons (Fsp3) is 0.667. The number of nitrogens with zero attached hydrogens (tertiary/aromatic N) is 2. The summed E-state index contributed by atoms with van der Waals surface area (Å²) in [5.74, 6) is 0.860. The van der Waals surface area contributed by atoms with Crippen molar-refractivity contribution < 1.29 is 9.53 Å². The van der Waals surface area contributed by atoms with Crippen LogP contribution in [-0.2, 0) is 16.0 Å². The number of carbonyl (C=O) groups excluding carboxylic acids is 1. The van der Waals surface area contributed by atoms with Crippen molar-refractivity contribution in [1.29, 1.82) is 0 Å². The number of methoxy groups -OCH3 is 1. The summed E-state index contributed by atoms with van der Waals surface area (Å²) < 4.78 is 4.64. The van der Waals surface area contributed by atoms with E-state index in [0.717, 1.165) is 57.7 Å². The molecule has 1 aromatic rings. The zero-order valence-corrected chi connectivity index (χ0v) is 18.8. The Morgan fingerprint density at radius 2 is 2.08 bits per heavy atom. The predicted molar refractivity (Wildman–Crippen MR) is 117 cm³/mol. The molecule has 1 rings (SSSR count). The van der Waals surface area contributed by atoms with E-state index in [1.165, 1.54) is 12.0 Å². The van der Waals surface area contributed by atoms with Crippen LogP contribution in [0.5, 0.6) is 0 Å². The van der Waals surface area contributed by atoms with Gasteiger partial charge in [-0.1, -0.05) is 18.9 Å². The van der Waals surface area contributed by atoms with Crippen LogP contribution in [0.4, 0.5) is 0 Å². The Kier molecular flexibility index (Phi) is 14.9. The van der Waals surface area contributed by atoms with Crippen LogP contribution in [0, 0.1) is 0 Å². The molecule has 0 spiro atoms. The maximum atomic E-state index is 11.0. The third-order valence-corrected chi connectivity index (χ3v) is 4.68. The third-order valence-electron chi connectivity index (χ3n) is 3.75. The van der Waals surface area contributed by atoms with Crippen LogP contribution in [0.15, 0.2) is 22.5 Å². The molecule has 0 bridgehead atoms. The van der Waals surface area contributed by atoms with Crippen LogP contribution in [0.1, 0.15) is 43.9 Å². The standard InChI is InChI=1S/C18H31N3O2S.HI/c1-4-19-18(21(2)14-12-16-10-9-15-24-16)20-13-8-6-5-7-11-17(22)23-3;/h9-10,15H,4-8,11-14H2,1-3H3,(H,19,20);1H. The number of esters is 1. The molecule has 7 heteroatoms. The van der Waals surface area contributed by atoms with Gasteiger partial charge in [-0.25, -0.2) is 0 Å². The molecule has 1 N–H and O–H groups in total. The van der Waals surface area contributed by atoms with Gasteiger partial charge in [0.1, 0.15) is 0 Å². The van der Waals surface area contributed by atoms with Crippen molar-refractivity contribution in [2.45, 2.75) is 45.4 Å². The molecule has 0 atom stereocenters. The summed E-state index contributed by atoms with van der Waals surface area (Å²) in [6.07, 6.45) is 5.67. The van der Waals surface area contributed by atoms with Crippen molar-refractivity contribution in [3.8, 4) is 0 Å². The van der Waals surface area contributed by atoms with Crippen molar-refractivity contribution in [3.63, 3.8) is 0 Å². The average molecular weight is 481 g/mol. The molecular weight excluding hydrogens is 449 g/mol. The van der Waals surface area contributed by atoms with Gasteiger partial charge in [-0.15, -0.1) is 35.3 Å². The first-order valence-electron chi connectivity index (χ1n) is 8.76. The quantitative estimate of drug-likeness (QED) is 0.171. The van der Waals surface area contributed by atoms with Gasteiger partial charge >= 0.3 is 5.97 Å². The second-order valence-corrected chi connectivity index (χ2v) is 6.76. The molecule has 0 fully saturated rings. The van der Waals surface area contributed by atoms with Gasteiger partial charge in [0.25, 0.3) is 0 Å². The van der Waals surface area contributed by atoms with E-state index in [1.54, 1.807) is 11.3 Å². The van der Waals surface area contributed by atoms with Gasteiger partial charge in [-0.3, -0.25) is 9.79 Å². The molecule has 0 unspecified atom stereocenters. The summed E-state index contributed by atoms with van der Waals surface area (Å²) in [4.78, 5) is 19.3. The number of thiophene rings is 1. The summed E-state index contributed by atoms with van der Waals surface area (Å²) >= 11 is 1.80. The highest BCUT2D eigenvalue weighted by atomic mass is 127. The van der Waals surface area contributed by atoms with Crippen molar-refractivity contribution >= 4 is 47.2 Å². The lowest BCUT2D eigenvalue weighted by atomic mass is 10.1. The highest BCUT2D eigenvalue weighted by Gasteiger charge is 2.06. The van der Waals surface area contributed by atoms with E-state index in [-0.39, 0.29) is 29.9 Å². The molecular formula is C18H32IN3O2S. The number of halogens is 1. The smallest absolute Gasteiger partial charge is 0.305 e. The normalized spacial score (nSPS) is 10.9. The SMILES string of the molecule is CCNC(=NCCCCCCC(=O)OC)N(C)CCc1cccs1.I. The number of likely N-dealkylation sites (N-methyl/N-ethyl adjacent to an activating group) is 1. The highest BCUT2D eigenvalue weighted by molar-refractivity contribution is 14.0. The summed E-state index contributed by atoms with van der Waals surface area (Å²) in [5.41, 5.74) is 0. The minimum Gasteiger partial charge on any atom is -0.469 e. The minimum atomic E-state index is -0.116. The molecule has 25 heavy (non-hydrogen) atoms. The van der Waals surface area contributed by atoms with Crippen molar-refractivity contribution in [2.75, 3.05) is 33.8 Å². The molecule has 5 nitrogen and oxygen atoms in total. The Balaban J connectivity index is 0.00000576. The number of hydrogen-bond acceptors (Lipinski definition) is 4. The molecule has 0 radical (unpaired) electrons. The van der Waals surface area contributed by atoms with E-state index in [4.69, 9.17) is 4.99 Å². The monoisotopic (exact) mass is 481 g/mol. The number of nitrogens with one attached hydrogen (secondary N) is 1. The van der Waals surface area contributed by atoms with E-state index in [0.29, 0.717) is 6.42 Å². The number of unbranched alkanes of at least 4 members (excludes halogenated alkanes) is 3. The van der Waals surface area contributed by atoms with Crippen molar-refractivity contribution in [3.05, 3.63) is 22.4 Å². The lowest BCUT2D eigenvalue weighted by molar-refractivity contribution is -0.140. The molecule has 1 aromatic heterocycles. The van der Waals surface area contributed by atoms with Crippen LogP contribution in [0.3, 0.4) is 0 Å². The number of guanidine groups is 1. The first-order valence-corrected chi connectivity index (χ1v) is 9.64. The second kappa shape index (κ2) is 15.4. The van der Waals surface area contributed by atoms with Gasteiger partial charge < -0.3 is 15.0 Å². The van der Waals surface area contributed by atoms with Crippen LogP contribution < -0.4 is 5.32 Å². The Morgan fingerprint density at radius 3 is 2.72 bits per heavy atom. The van der Waals surface area contributed by atoms with Crippen LogP contribution in [-0.4, -0.2) is 50.6 Å². The molecule has 0 saturated carbocycles. The van der Waals surface area contributed by atoms with E-state index in [2.05, 4.69) is 46.4 Å². The van der Waals surface area contributed by atoms with Crippen LogP contribution in [0.25, 0.3) is 0 Å². The van der Waals surface area contributed by atoms with E-state index in [1.807, 2.05) is 0 Å². The Hall–Kier alpha value is -0.830. The first-order chi connectivity index (χ1) is 11.7. The van der Waals surface area contributed by atoms with Gasteiger partial charge in [0, 0.05) is 38.0 Å². The zero-order valence-electron chi connectivity index (χ0n) is 15.6. The maximum Gasteiger partial charge on any atom is 0.305 e. The number of hydrogen-bond donors (Lipinski definition) is 1. The summed E-state index contributed by atoms with van der Waals surface area (Å²) in [7, 11) is 3.53. The third kappa shape index (κ3) is 11.4. The largest absolute Gasteiger partial charge is 0.469 e. The van der Waals surface area contributed by atoms with Crippen molar-refractivity contribution in [1.82, 2.24) is 10.2 Å². The Labute approximate surface area is 173 Å². The number of carbonyl (C=O) groups is 1. The Morgan fingerprint density at radius 1 is 1.32 bits per heavy atom. The molecule has 144 valence electrons. The average Bonchev–Trinajstić information content (AvgIpc) is 3.11. The molecule has 0 amide bonds. The lowest BCUT2D eigenvalue weighted by Gasteiger charge is -2.21. The van der Waals surface area contributed by atoms with Gasteiger partial charge in [-0.05, 0) is 37.6 Å². The van der Waals surface area contributed by atoms with Gasteiger partial charge in [-0.2, -0.15) is 0 Å². The second-order valence-electron chi connectivity index (χ2n) is 5.73. The van der Waals surface area contributed by atoms with Crippen LogP contribution >= 0.6 is 35.3 Å². The number of aliphatic imine (C=N–C) groups is 1. The molecule has 1 heterocycles. The fourth-order valence-electron chi connectivity index (χ4n) is 2.33. The number of rotatable bonds is 11. The predicted octanol–water partition coefficient (Wildman–Crippen LogP) is 3.93. The van der Waals surface area contributed by atoms with E-state index in [9.17, 15) is 4.79 Å². The Bertz CT molecular complexity index is 481. The minimum absolute atomic E-state index is 0. The summed E-state index contributed by atoms with van der Waals surface area (Å²) in [6, 6.07) is 4.27. The van der Waals surface area contributed by atoms with Crippen molar-refractivity contribution in [2.24, 2.45) is 4.99 Å². The molecule has 0 aliphatic carbocycles. The maximum absolute atomic E-state index is 11.0. The van der Waals surface area contributed by atoms with Crippen LogP contribution in [0.2, 0.25) is 0 Å². The summed E-state index contributed by atoms with van der Waals surface area (Å²) in [5, 5.41) is 5.48. The first kappa shape index (κ1) is 24.2. The van der Waals surface area contributed by atoms with E-state index < -0.39 is 0 Å². The number of ether oxygens (including phenoxy) is 1. The van der Waals surface area contributed by atoms with Gasteiger partial charge in [0.2, 0.25) is 0 Å². The molecule has 0 aromatic carbocycles. The van der Waals surface area contributed by atoms with Gasteiger partial charge in [0.15, 0.2) is 5.96 Å². The molecule has 0 saturated heterocycles. The zero-order chi connectivity index (χ0) is 17.6. The lowest BCUT2D eigenvalue weighted by Crippen LogP contribution is -2.40. The summed E-state index contributed by atoms with van der Waals surface area (Å²) in [6.45, 7) is 4.76. The topological polar surface area (TPSA) is 53.9 Å². The molecule has 0 aliphatic rings. The van der Waals surface area contributed by atoms with Gasteiger partial charge in [0.05, 0.1) is 7.11 Å². The van der Waals surface area contributed by atoms with E-state index >= 15 is 0 Å². The molecule has 0 aliphatic heterocycles. The fourth-order valence-corrected chi connectivity index (χ4v) is 3.03. The highest BCUT2D eigenvalue weighted by Crippen LogP contribution is 2.09.